The molecule has 0 aromatic carbocycles. The predicted molar refractivity (Wildman–Crippen MR) is 46.9 cm³/mol. The van der Waals surface area contributed by atoms with Crippen LogP contribution in [0.2, 0.25) is 0 Å². The lowest BCUT2D eigenvalue weighted by Crippen LogP contribution is -1.87. The van der Waals surface area contributed by atoms with Crippen molar-refractivity contribution in [3.63, 3.8) is 0 Å². The number of rotatable bonds is 3. The summed E-state index contributed by atoms with van der Waals surface area (Å²) in [4.78, 5) is 4.97. The van der Waals surface area contributed by atoms with Crippen LogP contribution in [0.5, 0.6) is 0 Å². The van der Waals surface area contributed by atoms with E-state index in [0.29, 0.717) is 11.5 Å². The highest BCUT2D eigenvalue weighted by molar-refractivity contribution is 7.12. The largest absolute Gasteiger partial charge is 0.378 e. The quantitative estimate of drug-likeness (QED) is 0.715. The topological polar surface area (TPSA) is 45.9 Å². The first-order valence-corrected chi connectivity index (χ1v) is 4.51. The lowest BCUT2D eigenvalue weighted by molar-refractivity contribution is 0.184. The molecular weight excluding hydrogens is 172 g/mol. The minimum absolute atomic E-state index is 0.499. The van der Waals surface area contributed by atoms with Gasteiger partial charge in [-0.3, -0.25) is 0 Å². The summed E-state index contributed by atoms with van der Waals surface area (Å²) >= 11 is 1.41. The molecule has 0 spiro atoms. The van der Waals surface area contributed by atoms with Crippen LogP contribution < -0.4 is 0 Å². The normalized spacial score (nSPS) is 9.75. The van der Waals surface area contributed by atoms with E-state index in [1.807, 2.05) is 6.92 Å². The molecule has 1 rings (SSSR count). The van der Waals surface area contributed by atoms with Gasteiger partial charge in [0.25, 0.3) is 0 Å². The minimum Gasteiger partial charge on any atom is -0.378 e. The maximum Gasteiger partial charge on any atom is 0.128 e. The van der Waals surface area contributed by atoms with Gasteiger partial charge >= 0.3 is 0 Å². The third-order valence-electron chi connectivity index (χ3n) is 1.45. The van der Waals surface area contributed by atoms with Crippen molar-refractivity contribution in [2.45, 2.75) is 20.0 Å². The number of aryl methyl sites for hydroxylation is 1. The van der Waals surface area contributed by atoms with E-state index < -0.39 is 0 Å². The number of aromatic nitrogens is 1. The fourth-order valence-electron chi connectivity index (χ4n) is 0.913. The van der Waals surface area contributed by atoms with Crippen molar-refractivity contribution in [3.8, 4) is 6.07 Å². The lowest BCUT2D eigenvalue weighted by Gasteiger charge is -1.89. The Kier molecular flexibility index (Phi) is 3.20. The second-order valence-corrected chi connectivity index (χ2v) is 3.37. The number of hydrogen-bond donors (Lipinski definition) is 0. The van der Waals surface area contributed by atoms with Gasteiger partial charge in [0.05, 0.1) is 12.3 Å². The Hall–Kier alpha value is -0.920. The summed E-state index contributed by atoms with van der Waals surface area (Å²) in [5, 5.41) is 9.59. The van der Waals surface area contributed by atoms with E-state index >= 15 is 0 Å². The number of thiazole rings is 1. The first-order chi connectivity index (χ1) is 5.81. The predicted octanol–water partition coefficient (Wildman–Crippen LogP) is 1.72. The molecule has 1 aromatic rings. The third-order valence-corrected chi connectivity index (χ3v) is 2.42. The van der Waals surface area contributed by atoms with Crippen LogP contribution in [0, 0.1) is 11.3 Å². The molecule has 0 atom stereocenters. The second-order valence-electron chi connectivity index (χ2n) is 2.28. The Balaban J connectivity index is 2.91. The molecule has 0 N–H and O–H groups in total. The molecule has 0 unspecified atom stereocenters. The van der Waals surface area contributed by atoms with Gasteiger partial charge in [-0.15, -0.1) is 11.3 Å². The van der Waals surface area contributed by atoms with Crippen molar-refractivity contribution >= 4 is 11.3 Å². The molecule has 4 heteroatoms. The first-order valence-electron chi connectivity index (χ1n) is 3.69. The summed E-state index contributed by atoms with van der Waals surface area (Å²) in [6.07, 6.45) is 0.809. The molecule has 0 aliphatic rings. The van der Waals surface area contributed by atoms with Crippen LogP contribution in [0.3, 0.4) is 0 Å². The molecule has 0 saturated heterocycles. The Morgan fingerprint density at radius 2 is 2.42 bits per heavy atom. The Morgan fingerprint density at radius 3 is 2.83 bits per heavy atom. The molecule has 0 aliphatic heterocycles. The highest BCUT2D eigenvalue weighted by Crippen LogP contribution is 2.18. The molecule has 0 radical (unpaired) electrons. The molecule has 0 bridgehead atoms. The van der Waals surface area contributed by atoms with Gasteiger partial charge in [-0.1, -0.05) is 6.92 Å². The van der Waals surface area contributed by atoms with Crippen molar-refractivity contribution in [3.05, 3.63) is 15.6 Å². The average molecular weight is 182 g/mol. The fourth-order valence-corrected chi connectivity index (χ4v) is 1.83. The molecule has 1 heterocycles. The molecule has 0 aliphatic carbocycles. The number of methoxy groups -OCH3 is 1. The summed E-state index contributed by atoms with van der Waals surface area (Å²) < 4.78 is 4.92. The van der Waals surface area contributed by atoms with Crippen molar-refractivity contribution in [1.29, 1.82) is 5.26 Å². The first kappa shape index (κ1) is 9.17. The van der Waals surface area contributed by atoms with E-state index in [1.165, 1.54) is 11.3 Å². The van der Waals surface area contributed by atoms with Gasteiger partial charge < -0.3 is 4.74 Å². The molecule has 12 heavy (non-hydrogen) atoms. The summed E-state index contributed by atoms with van der Waals surface area (Å²) in [5.41, 5.74) is 0.884. The van der Waals surface area contributed by atoms with Crippen molar-refractivity contribution in [2.75, 3.05) is 7.11 Å². The zero-order valence-electron chi connectivity index (χ0n) is 7.13. The summed E-state index contributed by atoms with van der Waals surface area (Å²) in [5.74, 6) is 0. The van der Waals surface area contributed by atoms with E-state index in [-0.39, 0.29) is 0 Å². The van der Waals surface area contributed by atoms with Crippen LogP contribution in [-0.2, 0) is 17.8 Å². The van der Waals surface area contributed by atoms with E-state index in [2.05, 4.69) is 11.1 Å². The van der Waals surface area contributed by atoms with Crippen molar-refractivity contribution < 1.29 is 4.74 Å². The summed E-state index contributed by atoms with van der Waals surface area (Å²) in [6, 6.07) is 2.13. The molecular formula is C8H10N2OS. The zero-order valence-corrected chi connectivity index (χ0v) is 7.94. The second kappa shape index (κ2) is 4.19. The maximum atomic E-state index is 8.71. The van der Waals surface area contributed by atoms with E-state index in [9.17, 15) is 0 Å². The smallest absolute Gasteiger partial charge is 0.128 e. The van der Waals surface area contributed by atoms with Gasteiger partial charge in [0, 0.05) is 7.11 Å². The van der Waals surface area contributed by atoms with Crippen molar-refractivity contribution in [1.82, 2.24) is 4.98 Å². The van der Waals surface area contributed by atoms with Crippen LogP contribution in [0.15, 0.2) is 0 Å². The fraction of sp³-hybridized carbons (Fsp3) is 0.500. The SMILES string of the molecule is CCc1nc(COC)sc1C#N. The van der Waals surface area contributed by atoms with E-state index in [0.717, 1.165) is 17.1 Å². The lowest BCUT2D eigenvalue weighted by atomic mass is 10.3. The molecule has 0 amide bonds. The van der Waals surface area contributed by atoms with Crippen LogP contribution in [0.4, 0.5) is 0 Å². The highest BCUT2D eigenvalue weighted by atomic mass is 32.1. The van der Waals surface area contributed by atoms with Crippen LogP contribution in [-0.4, -0.2) is 12.1 Å². The van der Waals surface area contributed by atoms with Gasteiger partial charge in [-0.25, -0.2) is 4.98 Å². The molecule has 3 nitrogen and oxygen atoms in total. The Bertz CT molecular complexity index is 300. The van der Waals surface area contributed by atoms with Crippen LogP contribution >= 0.6 is 11.3 Å². The maximum absolute atomic E-state index is 8.71. The van der Waals surface area contributed by atoms with Crippen LogP contribution in [0.25, 0.3) is 0 Å². The van der Waals surface area contributed by atoms with Gasteiger partial charge in [-0.05, 0) is 6.42 Å². The van der Waals surface area contributed by atoms with Gasteiger partial charge in [0.2, 0.25) is 0 Å². The molecule has 1 aromatic heterocycles. The van der Waals surface area contributed by atoms with Gasteiger partial charge in [0.1, 0.15) is 16.0 Å². The minimum atomic E-state index is 0.499. The number of ether oxygens (including phenoxy) is 1. The van der Waals surface area contributed by atoms with E-state index in [1.54, 1.807) is 7.11 Å². The van der Waals surface area contributed by atoms with Gasteiger partial charge in [-0.2, -0.15) is 5.26 Å². The highest BCUT2D eigenvalue weighted by Gasteiger charge is 2.07. The van der Waals surface area contributed by atoms with Crippen LogP contribution in [0.1, 0.15) is 22.5 Å². The standard InChI is InChI=1S/C8H10N2OS/c1-3-6-7(4-9)12-8(10-6)5-11-2/h3,5H2,1-2H3. The third kappa shape index (κ3) is 1.81. The Morgan fingerprint density at radius 1 is 1.67 bits per heavy atom. The number of nitrogens with zero attached hydrogens (tertiary/aromatic N) is 2. The Labute approximate surface area is 75.6 Å². The summed E-state index contributed by atoms with van der Waals surface area (Å²) in [7, 11) is 1.62. The number of hydrogen-bond acceptors (Lipinski definition) is 4. The molecule has 0 fully saturated rings. The molecule has 64 valence electrons. The number of nitriles is 1. The summed E-state index contributed by atoms with van der Waals surface area (Å²) in [6.45, 7) is 2.49. The zero-order chi connectivity index (χ0) is 8.97. The average Bonchev–Trinajstić information content (AvgIpc) is 2.48. The van der Waals surface area contributed by atoms with Gasteiger partial charge in [0.15, 0.2) is 0 Å². The molecule has 0 saturated carbocycles. The van der Waals surface area contributed by atoms with E-state index in [4.69, 9.17) is 10.00 Å². The monoisotopic (exact) mass is 182 g/mol. The van der Waals surface area contributed by atoms with Crippen molar-refractivity contribution in [2.24, 2.45) is 0 Å².